The summed E-state index contributed by atoms with van der Waals surface area (Å²) in [6.07, 6.45) is 4.71. The first kappa shape index (κ1) is 12.5. The smallest absolute Gasteiger partial charge is 0.242 e. The van der Waals surface area contributed by atoms with Gasteiger partial charge in [0.25, 0.3) is 0 Å². The van der Waals surface area contributed by atoms with Crippen LogP contribution < -0.4 is 5.73 Å². The third-order valence-electron chi connectivity index (χ3n) is 3.40. The van der Waals surface area contributed by atoms with Gasteiger partial charge in [0.2, 0.25) is 5.91 Å². The Balaban J connectivity index is 2.54. The third kappa shape index (κ3) is 3.20. The number of nitrogens with two attached hydrogens (primary N) is 1. The molecule has 0 unspecified atom stereocenters. The van der Waals surface area contributed by atoms with Crippen LogP contribution in [-0.4, -0.2) is 29.4 Å². The van der Waals surface area contributed by atoms with E-state index in [1.807, 2.05) is 11.9 Å². The monoisotopic (exact) mass is 212 g/mol. The summed E-state index contributed by atoms with van der Waals surface area (Å²) in [4.78, 5) is 13.8. The number of nitrogens with zero attached hydrogens (tertiary/aromatic N) is 1. The highest BCUT2D eigenvalue weighted by atomic mass is 16.2. The van der Waals surface area contributed by atoms with Gasteiger partial charge >= 0.3 is 0 Å². The van der Waals surface area contributed by atoms with Crippen molar-refractivity contribution >= 4 is 5.91 Å². The maximum atomic E-state index is 11.9. The first-order chi connectivity index (χ1) is 6.82. The summed E-state index contributed by atoms with van der Waals surface area (Å²) in [5.74, 6) is 0.873. The summed E-state index contributed by atoms with van der Waals surface area (Å²) in [5.41, 5.74) is 5.08. The van der Waals surface area contributed by atoms with Gasteiger partial charge in [-0.15, -0.1) is 0 Å². The van der Waals surface area contributed by atoms with E-state index in [0.717, 1.165) is 18.8 Å². The highest BCUT2D eigenvalue weighted by Gasteiger charge is 2.31. The van der Waals surface area contributed by atoms with Gasteiger partial charge in [0.05, 0.1) is 5.54 Å². The maximum absolute atomic E-state index is 11.9. The van der Waals surface area contributed by atoms with E-state index in [2.05, 4.69) is 6.92 Å². The fourth-order valence-corrected chi connectivity index (χ4v) is 2.25. The standard InChI is InChI=1S/C12H24N2O/c1-9-5-7-10(8-6-9)14(4)11(15)12(2,3)13/h9-10H,5-8,13H2,1-4H3. The number of amides is 1. The van der Waals surface area contributed by atoms with Crippen molar-refractivity contribution in [2.45, 2.75) is 58.0 Å². The molecule has 1 amide bonds. The van der Waals surface area contributed by atoms with E-state index in [9.17, 15) is 4.79 Å². The van der Waals surface area contributed by atoms with Crippen LogP contribution in [0.1, 0.15) is 46.5 Å². The molecule has 1 aliphatic carbocycles. The summed E-state index contributed by atoms with van der Waals surface area (Å²) < 4.78 is 0. The molecule has 3 nitrogen and oxygen atoms in total. The normalized spacial score (nSPS) is 27.5. The molecule has 0 radical (unpaired) electrons. The summed E-state index contributed by atoms with van der Waals surface area (Å²) in [5, 5.41) is 0. The molecule has 88 valence electrons. The summed E-state index contributed by atoms with van der Waals surface area (Å²) in [6.45, 7) is 5.83. The van der Waals surface area contributed by atoms with E-state index in [4.69, 9.17) is 5.73 Å². The number of carbonyl (C=O) groups excluding carboxylic acids is 1. The lowest BCUT2D eigenvalue weighted by Gasteiger charge is -2.36. The molecule has 0 aliphatic heterocycles. The lowest BCUT2D eigenvalue weighted by atomic mass is 9.86. The molecule has 1 fully saturated rings. The van der Waals surface area contributed by atoms with Gasteiger partial charge in [-0.3, -0.25) is 4.79 Å². The predicted molar refractivity (Wildman–Crippen MR) is 62.5 cm³/mol. The Morgan fingerprint density at radius 2 is 1.73 bits per heavy atom. The van der Waals surface area contributed by atoms with Crippen molar-refractivity contribution in [3.05, 3.63) is 0 Å². The number of rotatable bonds is 2. The van der Waals surface area contributed by atoms with E-state index in [0.29, 0.717) is 6.04 Å². The fourth-order valence-electron chi connectivity index (χ4n) is 2.25. The van der Waals surface area contributed by atoms with E-state index in [-0.39, 0.29) is 5.91 Å². The lowest BCUT2D eigenvalue weighted by molar-refractivity contribution is -0.137. The van der Waals surface area contributed by atoms with Crippen molar-refractivity contribution in [1.29, 1.82) is 0 Å². The zero-order valence-electron chi connectivity index (χ0n) is 10.4. The van der Waals surface area contributed by atoms with Crippen LogP contribution in [0.3, 0.4) is 0 Å². The molecule has 0 heterocycles. The van der Waals surface area contributed by atoms with Crippen molar-refractivity contribution in [3.8, 4) is 0 Å². The SMILES string of the molecule is CC1CCC(N(C)C(=O)C(C)(C)N)CC1. The quantitative estimate of drug-likeness (QED) is 0.758. The molecule has 15 heavy (non-hydrogen) atoms. The van der Waals surface area contributed by atoms with Crippen LogP contribution in [0.15, 0.2) is 0 Å². The highest BCUT2D eigenvalue weighted by Crippen LogP contribution is 2.27. The van der Waals surface area contributed by atoms with Crippen molar-refractivity contribution in [2.75, 3.05) is 7.05 Å². The van der Waals surface area contributed by atoms with Gasteiger partial charge in [-0.05, 0) is 45.4 Å². The van der Waals surface area contributed by atoms with Gasteiger partial charge in [0, 0.05) is 13.1 Å². The molecule has 1 aliphatic rings. The maximum Gasteiger partial charge on any atom is 0.242 e. The van der Waals surface area contributed by atoms with Gasteiger partial charge in [-0.25, -0.2) is 0 Å². The molecule has 0 bridgehead atoms. The lowest BCUT2D eigenvalue weighted by Crippen LogP contribution is -2.53. The topological polar surface area (TPSA) is 46.3 Å². The first-order valence-electron chi connectivity index (χ1n) is 5.88. The minimum absolute atomic E-state index is 0.0575. The zero-order valence-corrected chi connectivity index (χ0v) is 10.4. The van der Waals surface area contributed by atoms with Crippen LogP contribution in [0.4, 0.5) is 0 Å². The Labute approximate surface area is 93.0 Å². The molecule has 0 spiro atoms. The van der Waals surface area contributed by atoms with Gasteiger partial charge in [0.15, 0.2) is 0 Å². The highest BCUT2D eigenvalue weighted by molar-refractivity contribution is 5.85. The average molecular weight is 212 g/mol. The molecule has 3 heteroatoms. The first-order valence-corrected chi connectivity index (χ1v) is 5.88. The summed E-state index contributed by atoms with van der Waals surface area (Å²) >= 11 is 0. The minimum atomic E-state index is -0.738. The zero-order chi connectivity index (χ0) is 11.6. The molecule has 0 aromatic carbocycles. The van der Waals surface area contributed by atoms with Crippen LogP contribution >= 0.6 is 0 Å². The second-order valence-electron chi connectivity index (χ2n) is 5.55. The number of hydrogen-bond acceptors (Lipinski definition) is 2. The van der Waals surface area contributed by atoms with E-state index in [1.165, 1.54) is 12.8 Å². The van der Waals surface area contributed by atoms with Crippen molar-refractivity contribution in [2.24, 2.45) is 11.7 Å². The number of likely N-dealkylation sites (N-methyl/N-ethyl adjacent to an activating group) is 1. The molecular formula is C12H24N2O. The summed E-state index contributed by atoms with van der Waals surface area (Å²) in [6, 6.07) is 0.400. The van der Waals surface area contributed by atoms with E-state index < -0.39 is 5.54 Å². The summed E-state index contributed by atoms with van der Waals surface area (Å²) in [7, 11) is 1.89. The van der Waals surface area contributed by atoms with Crippen molar-refractivity contribution < 1.29 is 4.79 Å². The minimum Gasteiger partial charge on any atom is -0.341 e. The van der Waals surface area contributed by atoms with Crippen LogP contribution in [-0.2, 0) is 4.79 Å². The second kappa shape index (κ2) is 4.52. The number of hydrogen-bond donors (Lipinski definition) is 1. The van der Waals surface area contributed by atoms with E-state index >= 15 is 0 Å². The predicted octanol–water partition coefficient (Wildman–Crippen LogP) is 1.76. The Hall–Kier alpha value is -0.570. The fraction of sp³-hybridized carbons (Fsp3) is 0.917. The van der Waals surface area contributed by atoms with Gasteiger partial charge in [0.1, 0.15) is 0 Å². The Kier molecular flexibility index (Phi) is 3.77. The van der Waals surface area contributed by atoms with Crippen LogP contribution in [0.25, 0.3) is 0 Å². The Morgan fingerprint density at radius 3 is 2.13 bits per heavy atom. The van der Waals surface area contributed by atoms with Crippen LogP contribution in [0, 0.1) is 5.92 Å². The Morgan fingerprint density at radius 1 is 1.27 bits per heavy atom. The molecular weight excluding hydrogens is 188 g/mol. The molecule has 0 aromatic rings. The third-order valence-corrected chi connectivity index (χ3v) is 3.40. The molecule has 1 saturated carbocycles. The largest absolute Gasteiger partial charge is 0.341 e. The van der Waals surface area contributed by atoms with Gasteiger partial charge in [-0.1, -0.05) is 6.92 Å². The number of carbonyl (C=O) groups is 1. The molecule has 0 aromatic heterocycles. The van der Waals surface area contributed by atoms with E-state index in [1.54, 1.807) is 13.8 Å². The molecule has 2 N–H and O–H groups in total. The molecule has 1 rings (SSSR count). The van der Waals surface area contributed by atoms with Crippen molar-refractivity contribution in [1.82, 2.24) is 4.90 Å². The van der Waals surface area contributed by atoms with Crippen LogP contribution in [0.5, 0.6) is 0 Å². The van der Waals surface area contributed by atoms with Crippen LogP contribution in [0.2, 0.25) is 0 Å². The van der Waals surface area contributed by atoms with Crippen molar-refractivity contribution in [3.63, 3.8) is 0 Å². The second-order valence-corrected chi connectivity index (χ2v) is 5.55. The van der Waals surface area contributed by atoms with Gasteiger partial charge in [-0.2, -0.15) is 0 Å². The average Bonchev–Trinajstić information content (AvgIpc) is 2.15. The Bertz CT molecular complexity index is 224. The molecule has 0 saturated heterocycles. The van der Waals surface area contributed by atoms with Gasteiger partial charge < -0.3 is 10.6 Å². The molecule has 0 atom stereocenters.